The minimum atomic E-state index is -0.215. The van der Waals surface area contributed by atoms with Gasteiger partial charge in [0.05, 0.1) is 17.9 Å². The normalized spacial score (nSPS) is 16.5. The van der Waals surface area contributed by atoms with Gasteiger partial charge < -0.3 is 9.47 Å². The van der Waals surface area contributed by atoms with E-state index in [-0.39, 0.29) is 11.9 Å². The van der Waals surface area contributed by atoms with Gasteiger partial charge in [0, 0.05) is 61.5 Å². The highest BCUT2D eigenvalue weighted by atomic mass is 19.1. The molecule has 2 aromatic heterocycles. The van der Waals surface area contributed by atoms with Crippen LogP contribution in [0, 0.1) is 5.82 Å². The fourth-order valence-corrected chi connectivity index (χ4v) is 4.44. The number of hydrogen-bond acceptors (Lipinski definition) is 3. The quantitative estimate of drug-likeness (QED) is 0.527. The summed E-state index contributed by atoms with van der Waals surface area (Å²) in [5.74, 6) is -0.215. The zero-order chi connectivity index (χ0) is 21.2. The third kappa shape index (κ3) is 3.92. The van der Waals surface area contributed by atoms with Crippen LogP contribution in [0.25, 0.3) is 16.8 Å². The molecule has 5 rings (SSSR count). The molecule has 1 atom stereocenters. The zero-order valence-corrected chi connectivity index (χ0v) is 17.6. The minimum Gasteiger partial charge on any atom is -0.323 e. The van der Waals surface area contributed by atoms with Crippen LogP contribution < -0.4 is 0 Å². The maximum atomic E-state index is 14.9. The maximum Gasteiger partial charge on any atom is 0.131 e. The molecular weight excluding hydrogens is 389 g/mol. The Morgan fingerprint density at radius 3 is 2.39 bits per heavy atom. The Kier molecular flexibility index (Phi) is 5.40. The van der Waals surface area contributed by atoms with Gasteiger partial charge in [0.15, 0.2) is 0 Å². The van der Waals surface area contributed by atoms with E-state index in [1.807, 2.05) is 53.6 Å². The number of hydrogen-bond donors (Lipinski definition) is 1. The number of nitrogens with one attached hydrogen (secondary N) is 1. The molecular formula is C25H26FN5. The topological polar surface area (TPSA) is 40.1 Å². The predicted molar refractivity (Wildman–Crippen MR) is 121 cm³/mol. The number of H-pyrrole nitrogens is 1. The van der Waals surface area contributed by atoms with Crippen molar-refractivity contribution in [3.05, 3.63) is 96.3 Å². The first-order chi connectivity index (χ1) is 15.2. The molecule has 0 spiro atoms. The van der Waals surface area contributed by atoms with Gasteiger partial charge in [-0.25, -0.2) is 4.39 Å². The van der Waals surface area contributed by atoms with Gasteiger partial charge in [0.1, 0.15) is 5.82 Å². The van der Waals surface area contributed by atoms with E-state index in [0.29, 0.717) is 5.56 Å². The average Bonchev–Trinajstić information content (AvgIpc) is 3.50. The van der Waals surface area contributed by atoms with Crippen LogP contribution in [0.5, 0.6) is 0 Å². The molecule has 1 N–H and O–H groups in total. The average molecular weight is 416 g/mol. The highest BCUT2D eigenvalue weighted by Crippen LogP contribution is 2.35. The van der Waals surface area contributed by atoms with Gasteiger partial charge >= 0.3 is 0 Å². The summed E-state index contributed by atoms with van der Waals surface area (Å²) in [5.41, 5.74) is 4.72. The maximum absolute atomic E-state index is 14.9. The van der Waals surface area contributed by atoms with Crippen LogP contribution in [0.1, 0.15) is 17.2 Å². The lowest BCUT2D eigenvalue weighted by Gasteiger charge is -2.38. The van der Waals surface area contributed by atoms with E-state index in [1.54, 1.807) is 6.07 Å². The molecule has 0 amide bonds. The Balaban J connectivity index is 1.64. The molecule has 6 heteroatoms. The van der Waals surface area contributed by atoms with Crippen LogP contribution >= 0.6 is 0 Å². The highest BCUT2D eigenvalue weighted by molar-refractivity contribution is 5.74. The van der Waals surface area contributed by atoms with Gasteiger partial charge in [-0.3, -0.25) is 10.00 Å². The fourth-order valence-electron chi connectivity index (χ4n) is 4.44. The first-order valence-corrected chi connectivity index (χ1v) is 10.6. The fraction of sp³-hybridized carbons (Fsp3) is 0.240. The van der Waals surface area contributed by atoms with Crippen LogP contribution in [0.15, 0.2) is 79.4 Å². The number of benzene rings is 2. The second kappa shape index (κ2) is 8.49. The molecule has 1 aliphatic rings. The minimum absolute atomic E-state index is 0.0664. The van der Waals surface area contributed by atoms with Crippen molar-refractivity contribution in [1.82, 2.24) is 24.6 Å². The van der Waals surface area contributed by atoms with E-state index in [0.717, 1.165) is 48.6 Å². The number of aromatic nitrogens is 3. The summed E-state index contributed by atoms with van der Waals surface area (Å²) in [6, 6.07) is 17.4. The van der Waals surface area contributed by atoms with Gasteiger partial charge in [-0.05, 0) is 42.9 Å². The van der Waals surface area contributed by atoms with Crippen molar-refractivity contribution >= 4 is 0 Å². The van der Waals surface area contributed by atoms with Crippen LogP contribution in [0.4, 0.5) is 4.39 Å². The molecule has 3 heterocycles. The lowest BCUT2D eigenvalue weighted by atomic mass is 9.93. The second-order valence-electron chi connectivity index (χ2n) is 8.12. The molecule has 0 aliphatic carbocycles. The van der Waals surface area contributed by atoms with E-state index in [4.69, 9.17) is 0 Å². The van der Waals surface area contributed by atoms with Gasteiger partial charge in [-0.1, -0.05) is 24.3 Å². The van der Waals surface area contributed by atoms with Crippen LogP contribution in [0.3, 0.4) is 0 Å². The summed E-state index contributed by atoms with van der Waals surface area (Å²) in [5, 5.41) is 7.17. The Bertz CT molecular complexity index is 1130. The number of aromatic amines is 1. The molecule has 1 fully saturated rings. The summed E-state index contributed by atoms with van der Waals surface area (Å²) in [4.78, 5) is 4.84. The molecule has 5 nitrogen and oxygen atoms in total. The van der Waals surface area contributed by atoms with Crippen molar-refractivity contribution < 1.29 is 4.39 Å². The molecule has 1 saturated heterocycles. The summed E-state index contributed by atoms with van der Waals surface area (Å²) >= 11 is 0. The number of piperazine rings is 1. The van der Waals surface area contributed by atoms with Gasteiger partial charge in [-0.2, -0.15) is 5.10 Å². The Morgan fingerprint density at radius 2 is 1.68 bits per heavy atom. The number of nitrogens with zero attached hydrogens (tertiary/aromatic N) is 4. The standard InChI is InChI=1S/C25H26FN5/c1-29-12-14-31(15-13-29)25(20-17-27-28-18-20)19-8-9-24(30-10-4-5-11-30)22(16-19)21-6-2-3-7-23(21)26/h2-11,16-18,25H,12-15H2,1H3,(H,27,28). The van der Waals surface area contributed by atoms with Crippen LogP contribution in [-0.2, 0) is 0 Å². The van der Waals surface area contributed by atoms with E-state index in [9.17, 15) is 4.39 Å². The van der Waals surface area contributed by atoms with Crippen molar-refractivity contribution in [3.63, 3.8) is 0 Å². The third-order valence-corrected chi connectivity index (χ3v) is 6.12. The lowest BCUT2D eigenvalue weighted by Crippen LogP contribution is -2.46. The number of halogens is 1. The van der Waals surface area contributed by atoms with Crippen molar-refractivity contribution in [2.24, 2.45) is 0 Å². The molecule has 1 aliphatic heterocycles. The zero-order valence-electron chi connectivity index (χ0n) is 17.6. The summed E-state index contributed by atoms with van der Waals surface area (Å²) < 4.78 is 16.9. The molecule has 31 heavy (non-hydrogen) atoms. The van der Waals surface area contributed by atoms with Gasteiger partial charge in [-0.15, -0.1) is 0 Å². The monoisotopic (exact) mass is 415 g/mol. The Morgan fingerprint density at radius 1 is 0.903 bits per heavy atom. The van der Waals surface area contributed by atoms with Crippen LogP contribution in [-0.4, -0.2) is 57.8 Å². The Hall–Kier alpha value is -3.22. The predicted octanol–water partition coefficient (Wildman–Crippen LogP) is 4.34. The summed E-state index contributed by atoms with van der Waals surface area (Å²) in [6.45, 7) is 3.99. The van der Waals surface area contributed by atoms with E-state index >= 15 is 0 Å². The molecule has 158 valence electrons. The summed E-state index contributed by atoms with van der Waals surface area (Å²) in [6.07, 6.45) is 7.85. The molecule has 2 aromatic carbocycles. The van der Waals surface area contributed by atoms with Crippen molar-refractivity contribution in [2.75, 3.05) is 33.2 Å². The van der Waals surface area contributed by atoms with E-state index in [2.05, 4.69) is 45.2 Å². The van der Waals surface area contributed by atoms with Gasteiger partial charge in [0.2, 0.25) is 0 Å². The van der Waals surface area contributed by atoms with Crippen LogP contribution in [0.2, 0.25) is 0 Å². The van der Waals surface area contributed by atoms with E-state index < -0.39 is 0 Å². The Labute approximate surface area is 181 Å². The molecule has 0 bridgehead atoms. The molecule has 4 aromatic rings. The first kappa shape index (κ1) is 19.7. The van der Waals surface area contributed by atoms with Crippen molar-refractivity contribution in [2.45, 2.75) is 6.04 Å². The number of likely N-dealkylation sites (N-methyl/N-ethyl adjacent to an activating group) is 1. The first-order valence-electron chi connectivity index (χ1n) is 10.6. The summed E-state index contributed by atoms with van der Waals surface area (Å²) in [7, 11) is 2.16. The third-order valence-electron chi connectivity index (χ3n) is 6.12. The highest BCUT2D eigenvalue weighted by Gasteiger charge is 2.27. The van der Waals surface area contributed by atoms with Gasteiger partial charge in [0.25, 0.3) is 0 Å². The SMILES string of the molecule is CN1CCN(C(c2cn[nH]c2)c2ccc(-n3cccc3)c(-c3ccccc3F)c2)CC1. The van der Waals surface area contributed by atoms with Crippen molar-refractivity contribution in [1.29, 1.82) is 0 Å². The molecule has 1 unspecified atom stereocenters. The van der Waals surface area contributed by atoms with Crippen molar-refractivity contribution in [3.8, 4) is 16.8 Å². The second-order valence-corrected chi connectivity index (χ2v) is 8.12. The smallest absolute Gasteiger partial charge is 0.131 e. The number of rotatable bonds is 5. The van der Waals surface area contributed by atoms with E-state index in [1.165, 1.54) is 6.07 Å². The lowest BCUT2D eigenvalue weighted by molar-refractivity contribution is 0.127. The largest absolute Gasteiger partial charge is 0.323 e. The molecule has 0 radical (unpaired) electrons. The molecule has 0 saturated carbocycles.